The lowest BCUT2D eigenvalue weighted by molar-refractivity contribution is -0.131. The number of carbonyl (C=O) groups is 1. The molecule has 0 saturated heterocycles. The quantitative estimate of drug-likeness (QED) is 0.784. The van der Waals surface area contributed by atoms with Crippen molar-refractivity contribution in [2.24, 2.45) is 0 Å². The molecule has 0 bridgehead atoms. The molecule has 3 rings (SSSR count). The second kappa shape index (κ2) is 7.48. The number of alkyl halides is 1. The van der Waals surface area contributed by atoms with E-state index >= 15 is 0 Å². The minimum Gasteiger partial charge on any atom is -0.334 e. The van der Waals surface area contributed by atoms with Crippen LogP contribution >= 0.6 is 11.6 Å². The molecule has 0 spiro atoms. The van der Waals surface area contributed by atoms with Gasteiger partial charge in [-0.05, 0) is 50.3 Å². The van der Waals surface area contributed by atoms with E-state index in [1.54, 1.807) is 11.0 Å². The number of amides is 1. The Bertz CT molecular complexity index is 776. The van der Waals surface area contributed by atoms with Gasteiger partial charge < -0.3 is 4.90 Å². The van der Waals surface area contributed by atoms with Gasteiger partial charge in [0.15, 0.2) is 0 Å². The first-order valence-corrected chi connectivity index (χ1v) is 8.94. The maximum atomic E-state index is 14.2. The molecular weight excluding hydrogens is 341 g/mol. The third-order valence-corrected chi connectivity index (χ3v) is 5.03. The first kappa shape index (κ1) is 17.8. The number of hydrogen-bond acceptors (Lipinski definition) is 3. The molecule has 4 nitrogen and oxygen atoms in total. The normalized spacial score (nSPS) is 16.4. The predicted octanol–water partition coefficient (Wildman–Crippen LogP) is 3.36. The summed E-state index contributed by atoms with van der Waals surface area (Å²) in [4.78, 5) is 22.9. The van der Waals surface area contributed by atoms with Gasteiger partial charge in [0.05, 0.1) is 0 Å². The summed E-state index contributed by atoms with van der Waals surface area (Å²) in [5.74, 6) is 0.183. The van der Waals surface area contributed by atoms with Gasteiger partial charge in [-0.3, -0.25) is 4.79 Å². The molecule has 2 aromatic rings. The van der Waals surface area contributed by atoms with Gasteiger partial charge in [0.1, 0.15) is 17.5 Å². The van der Waals surface area contributed by atoms with Gasteiger partial charge >= 0.3 is 0 Å². The highest BCUT2D eigenvalue weighted by molar-refractivity contribution is 6.27. The zero-order valence-electron chi connectivity index (χ0n) is 14.4. The fraction of sp³-hybridized carbons (Fsp3) is 0.421. The minimum absolute atomic E-state index is 0.0240. The second-order valence-corrected chi connectivity index (χ2v) is 6.74. The topological polar surface area (TPSA) is 46.1 Å². The van der Waals surface area contributed by atoms with Gasteiger partial charge in [0.2, 0.25) is 5.91 Å². The molecule has 0 aliphatic heterocycles. The van der Waals surface area contributed by atoms with Crippen molar-refractivity contribution in [3.8, 4) is 0 Å². The zero-order valence-corrected chi connectivity index (χ0v) is 15.2. The molecule has 1 atom stereocenters. The molecule has 1 aliphatic rings. The fourth-order valence-electron chi connectivity index (χ4n) is 3.39. The van der Waals surface area contributed by atoms with Crippen LogP contribution in [-0.2, 0) is 24.2 Å². The lowest BCUT2D eigenvalue weighted by Gasteiger charge is -2.35. The number of aryl methyl sites for hydroxylation is 3. The molecule has 0 fully saturated rings. The number of aromatic nitrogens is 2. The van der Waals surface area contributed by atoms with Gasteiger partial charge in [-0.15, -0.1) is 11.6 Å². The van der Waals surface area contributed by atoms with Crippen LogP contribution in [0, 0.1) is 19.7 Å². The second-order valence-electron chi connectivity index (χ2n) is 6.48. The molecule has 1 aliphatic carbocycles. The summed E-state index contributed by atoms with van der Waals surface area (Å²) in [5.41, 5.74) is 3.48. The van der Waals surface area contributed by atoms with E-state index < -0.39 is 0 Å². The van der Waals surface area contributed by atoms with Crippen molar-refractivity contribution in [2.75, 3.05) is 5.88 Å². The minimum atomic E-state index is -0.289. The number of rotatable bonds is 4. The summed E-state index contributed by atoms with van der Waals surface area (Å²) in [7, 11) is 0. The summed E-state index contributed by atoms with van der Waals surface area (Å²) >= 11 is 5.82. The molecule has 0 saturated carbocycles. The summed E-state index contributed by atoms with van der Waals surface area (Å²) in [6.07, 6.45) is 4.08. The van der Waals surface area contributed by atoms with Crippen molar-refractivity contribution < 1.29 is 9.18 Å². The lowest BCUT2D eigenvalue weighted by atomic mass is 9.91. The first-order chi connectivity index (χ1) is 12.0. The molecule has 1 amide bonds. The third-order valence-electron chi connectivity index (χ3n) is 4.80. The molecule has 1 aromatic heterocycles. The smallest absolute Gasteiger partial charge is 0.238 e. The maximum absolute atomic E-state index is 14.2. The summed E-state index contributed by atoms with van der Waals surface area (Å²) in [6.45, 7) is 3.96. The summed E-state index contributed by atoms with van der Waals surface area (Å²) in [5, 5.41) is 0. The summed E-state index contributed by atoms with van der Waals surface area (Å²) in [6, 6.07) is 4.94. The van der Waals surface area contributed by atoms with Crippen molar-refractivity contribution in [2.45, 2.75) is 45.7 Å². The van der Waals surface area contributed by atoms with E-state index in [0.717, 1.165) is 35.5 Å². The Morgan fingerprint density at radius 2 is 2.20 bits per heavy atom. The first-order valence-electron chi connectivity index (χ1n) is 8.40. The van der Waals surface area contributed by atoms with Gasteiger partial charge in [0, 0.05) is 30.0 Å². The molecule has 0 radical (unpaired) electrons. The van der Waals surface area contributed by atoms with Crippen LogP contribution in [0.4, 0.5) is 4.39 Å². The predicted molar refractivity (Wildman–Crippen MR) is 95.0 cm³/mol. The van der Waals surface area contributed by atoms with Crippen molar-refractivity contribution in [1.29, 1.82) is 0 Å². The van der Waals surface area contributed by atoms with Crippen LogP contribution in [0.1, 0.15) is 34.6 Å². The monoisotopic (exact) mass is 361 g/mol. The molecule has 1 unspecified atom stereocenters. The van der Waals surface area contributed by atoms with Gasteiger partial charge in [-0.25, -0.2) is 14.4 Å². The van der Waals surface area contributed by atoms with Crippen molar-refractivity contribution in [3.63, 3.8) is 0 Å². The standard InChI is InChI=1S/C19H21ClFN3O/c1-12-4-3-5-17(21)16(12)11-24(19(25)9-20)15-6-7-18-14(8-15)10-22-13(2)23-18/h3-5,10,15H,6-9,11H2,1-2H3. The van der Waals surface area contributed by atoms with E-state index in [1.807, 2.05) is 26.1 Å². The number of carbonyl (C=O) groups excluding carboxylic acids is 1. The van der Waals surface area contributed by atoms with Crippen molar-refractivity contribution in [3.05, 3.63) is 58.4 Å². The fourth-order valence-corrected chi connectivity index (χ4v) is 3.54. The highest BCUT2D eigenvalue weighted by Gasteiger charge is 2.29. The zero-order chi connectivity index (χ0) is 18.0. The Morgan fingerprint density at radius 1 is 1.40 bits per heavy atom. The average Bonchev–Trinajstić information content (AvgIpc) is 2.60. The van der Waals surface area contributed by atoms with E-state index in [9.17, 15) is 9.18 Å². The molecule has 1 heterocycles. The van der Waals surface area contributed by atoms with Gasteiger partial charge in [-0.1, -0.05) is 12.1 Å². The highest BCUT2D eigenvalue weighted by atomic mass is 35.5. The Labute approximate surface area is 152 Å². The molecule has 132 valence electrons. The lowest BCUT2D eigenvalue weighted by Crippen LogP contribution is -2.44. The number of benzene rings is 1. The van der Waals surface area contributed by atoms with E-state index in [-0.39, 0.29) is 30.2 Å². The van der Waals surface area contributed by atoms with Crippen molar-refractivity contribution in [1.82, 2.24) is 14.9 Å². The van der Waals surface area contributed by atoms with Crippen LogP contribution < -0.4 is 0 Å². The Hall–Kier alpha value is -2.01. The van der Waals surface area contributed by atoms with E-state index in [4.69, 9.17) is 11.6 Å². The summed E-state index contributed by atoms with van der Waals surface area (Å²) < 4.78 is 14.2. The van der Waals surface area contributed by atoms with E-state index in [2.05, 4.69) is 9.97 Å². The Balaban J connectivity index is 1.87. The number of halogens is 2. The number of nitrogens with zero attached hydrogens (tertiary/aromatic N) is 3. The molecule has 1 aromatic carbocycles. The van der Waals surface area contributed by atoms with Crippen molar-refractivity contribution >= 4 is 17.5 Å². The largest absolute Gasteiger partial charge is 0.334 e. The highest BCUT2D eigenvalue weighted by Crippen LogP contribution is 2.26. The van der Waals surface area contributed by atoms with Crippen LogP contribution in [0.3, 0.4) is 0 Å². The molecule has 25 heavy (non-hydrogen) atoms. The number of hydrogen-bond donors (Lipinski definition) is 0. The van der Waals surface area contributed by atoms with Crippen LogP contribution in [-0.4, -0.2) is 32.7 Å². The number of fused-ring (bicyclic) bond motifs is 1. The molecular formula is C19H21ClFN3O. The Kier molecular flexibility index (Phi) is 5.33. The SMILES string of the molecule is Cc1ncc2c(n1)CCC(N(Cc1c(C)cccc1F)C(=O)CCl)C2. The van der Waals surface area contributed by atoms with E-state index in [0.29, 0.717) is 12.0 Å². The van der Waals surface area contributed by atoms with Crippen LogP contribution in [0.15, 0.2) is 24.4 Å². The molecule has 0 N–H and O–H groups in total. The van der Waals surface area contributed by atoms with Crippen LogP contribution in [0.5, 0.6) is 0 Å². The average molecular weight is 362 g/mol. The third kappa shape index (κ3) is 3.82. The van der Waals surface area contributed by atoms with Gasteiger partial charge in [0.25, 0.3) is 0 Å². The molecule has 6 heteroatoms. The van der Waals surface area contributed by atoms with Gasteiger partial charge in [-0.2, -0.15) is 0 Å². The maximum Gasteiger partial charge on any atom is 0.238 e. The van der Waals surface area contributed by atoms with E-state index in [1.165, 1.54) is 6.07 Å². The van der Waals surface area contributed by atoms with Crippen LogP contribution in [0.2, 0.25) is 0 Å². The van der Waals surface area contributed by atoms with Crippen LogP contribution in [0.25, 0.3) is 0 Å². The Morgan fingerprint density at radius 3 is 2.92 bits per heavy atom.